The molecule has 2 aromatic heterocycles. The molecule has 0 unspecified atom stereocenters. The summed E-state index contributed by atoms with van der Waals surface area (Å²) >= 11 is 0. The Morgan fingerprint density at radius 3 is 2.65 bits per heavy atom. The molecule has 4 rings (SSSR count). The third-order valence-corrected chi connectivity index (χ3v) is 4.26. The number of aromatic hydroxyl groups is 1. The summed E-state index contributed by atoms with van der Waals surface area (Å²) in [6.07, 6.45) is 1.68. The molecule has 130 valence electrons. The fourth-order valence-corrected chi connectivity index (χ4v) is 3.02. The molecule has 0 saturated carbocycles. The normalized spacial score (nSPS) is 11.0. The molecule has 0 atom stereocenters. The summed E-state index contributed by atoms with van der Waals surface area (Å²) in [6, 6.07) is 12.9. The Morgan fingerprint density at radius 2 is 1.96 bits per heavy atom. The van der Waals surface area contributed by atoms with Gasteiger partial charge in [0.25, 0.3) is 5.78 Å². The van der Waals surface area contributed by atoms with Crippen LogP contribution in [0.2, 0.25) is 0 Å². The Kier molecular flexibility index (Phi) is 3.69. The molecule has 0 aliphatic rings. The van der Waals surface area contributed by atoms with Gasteiger partial charge >= 0.3 is 5.69 Å². The van der Waals surface area contributed by atoms with Crippen molar-refractivity contribution in [2.75, 3.05) is 7.11 Å². The van der Waals surface area contributed by atoms with Crippen LogP contribution < -0.4 is 10.4 Å². The lowest BCUT2D eigenvalue weighted by atomic mass is 9.96. The molecule has 0 aliphatic heterocycles. The van der Waals surface area contributed by atoms with Gasteiger partial charge in [0.05, 0.1) is 12.8 Å². The summed E-state index contributed by atoms with van der Waals surface area (Å²) in [5, 5.41) is 16.9. The first-order chi connectivity index (χ1) is 12.6. The predicted octanol–water partition coefficient (Wildman–Crippen LogP) is 2.77. The Labute approximate surface area is 148 Å². The molecule has 0 amide bonds. The number of phenols is 1. The number of H-pyrrole nitrogens is 1. The number of hydrogen-bond acceptors (Lipinski definition) is 5. The highest BCUT2D eigenvalue weighted by atomic mass is 16.5. The van der Waals surface area contributed by atoms with E-state index >= 15 is 0 Å². The summed E-state index contributed by atoms with van der Waals surface area (Å²) in [7, 11) is 1.55. The maximum absolute atomic E-state index is 12.0. The highest BCUT2D eigenvalue weighted by Crippen LogP contribution is 2.39. The van der Waals surface area contributed by atoms with Gasteiger partial charge in [0.1, 0.15) is 11.5 Å². The molecule has 7 nitrogen and oxygen atoms in total. The number of rotatable bonds is 3. The van der Waals surface area contributed by atoms with Crippen LogP contribution in [0.4, 0.5) is 0 Å². The van der Waals surface area contributed by atoms with Gasteiger partial charge in [-0.3, -0.25) is 0 Å². The number of hydrogen-bond donors (Lipinski definition) is 2. The van der Waals surface area contributed by atoms with Crippen LogP contribution in [-0.4, -0.2) is 31.8 Å². The summed E-state index contributed by atoms with van der Waals surface area (Å²) in [5.41, 5.74) is 3.13. The summed E-state index contributed by atoms with van der Waals surface area (Å²) in [5.74, 6) is 0.843. The van der Waals surface area contributed by atoms with E-state index in [0.717, 1.165) is 11.1 Å². The number of nitrogens with zero attached hydrogens (tertiary/aromatic N) is 3. The fraction of sp³-hybridized carbons (Fsp3) is 0.105. The third-order valence-electron chi connectivity index (χ3n) is 4.26. The van der Waals surface area contributed by atoms with Gasteiger partial charge in [0, 0.05) is 23.4 Å². The number of phenolic OH excluding ortho intramolecular Hbond substituents is 1. The number of aromatic amines is 1. The van der Waals surface area contributed by atoms with Gasteiger partial charge in [0.2, 0.25) is 0 Å². The fourth-order valence-electron chi connectivity index (χ4n) is 3.02. The van der Waals surface area contributed by atoms with E-state index in [1.54, 1.807) is 19.4 Å². The number of fused-ring (bicyclic) bond motifs is 1. The van der Waals surface area contributed by atoms with Crippen molar-refractivity contribution in [3.05, 3.63) is 64.7 Å². The van der Waals surface area contributed by atoms with Gasteiger partial charge in [-0.1, -0.05) is 30.3 Å². The molecule has 0 saturated heterocycles. The van der Waals surface area contributed by atoms with Crippen molar-refractivity contribution >= 4 is 5.78 Å². The standard InChI is InChI=1S/C19H16N4O3/c1-11-8-13(26-2)9-15(24)16(11)17-14(12-6-4-3-5-7-12)10-23-18(20-17)21-22-19(23)25/h3-10,24H,1-2H3,(H,22,25). The second kappa shape index (κ2) is 6.03. The molecule has 7 heteroatoms. The van der Waals surface area contributed by atoms with Crippen molar-refractivity contribution < 1.29 is 9.84 Å². The number of nitrogens with one attached hydrogen (secondary N) is 1. The van der Waals surface area contributed by atoms with Crippen molar-refractivity contribution in [3.8, 4) is 33.9 Å². The minimum atomic E-state index is -0.369. The molecule has 2 N–H and O–H groups in total. The topological polar surface area (TPSA) is 92.5 Å². The number of ether oxygens (including phenoxy) is 1. The first kappa shape index (κ1) is 15.9. The smallest absolute Gasteiger partial charge is 0.348 e. The average molecular weight is 348 g/mol. The molecule has 2 heterocycles. The van der Waals surface area contributed by atoms with E-state index in [2.05, 4.69) is 15.2 Å². The molecule has 26 heavy (non-hydrogen) atoms. The maximum atomic E-state index is 12.0. The lowest BCUT2D eigenvalue weighted by Gasteiger charge is -2.14. The Bertz CT molecular complexity index is 1140. The number of methoxy groups -OCH3 is 1. The van der Waals surface area contributed by atoms with Crippen LogP contribution in [0.15, 0.2) is 53.5 Å². The van der Waals surface area contributed by atoms with Crippen LogP contribution in [0.1, 0.15) is 5.56 Å². The van der Waals surface area contributed by atoms with Crippen LogP contribution in [0, 0.1) is 6.92 Å². The van der Waals surface area contributed by atoms with Gasteiger partial charge in [-0.25, -0.2) is 19.3 Å². The van der Waals surface area contributed by atoms with Crippen LogP contribution in [0.5, 0.6) is 11.5 Å². The van der Waals surface area contributed by atoms with Gasteiger partial charge in [-0.05, 0) is 24.1 Å². The molecular formula is C19H16N4O3. The Balaban J connectivity index is 2.08. The largest absolute Gasteiger partial charge is 0.507 e. The van der Waals surface area contributed by atoms with Crippen molar-refractivity contribution in [3.63, 3.8) is 0 Å². The van der Waals surface area contributed by atoms with E-state index in [9.17, 15) is 9.90 Å². The molecule has 0 radical (unpaired) electrons. The molecule has 0 spiro atoms. The van der Waals surface area contributed by atoms with Gasteiger partial charge in [-0.15, -0.1) is 5.10 Å². The minimum Gasteiger partial charge on any atom is -0.507 e. The maximum Gasteiger partial charge on any atom is 0.348 e. The number of benzene rings is 2. The van der Waals surface area contributed by atoms with Crippen molar-refractivity contribution in [1.29, 1.82) is 0 Å². The van der Waals surface area contributed by atoms with E-state index in [1.807, 2.05) is 43.3 Å². The average Bonchev–Trinajstić information content (AvgIpc) is 3.01. The van der Waals surface area contributed by atoms with E-state index in [-0.39, 0.29) is 17.2 Å². The summed E-state index contributed by atoms with van der Waals surface area (Å²) in [6.45, 7) is 1.87. The van der Waals surface area contributed by atoms with Crippen LogP contribution in [-0.2, 0) is 0 Å². The SMILES string of the molecule is COc1cc(C)c(-c2nc3n[nH]c(=O)n3cc2-c2ccccc2)c(O)c1. The Morgan fingerprint density at radius 1 is 1.19 bits per heavy atom. The van der Waals surface area contributed by atoms with Gasteiger partial charge in [-0.2, -0.15) is 0 Å². The molecule has 0 bridgehead atoms. The quantitative estimate of drug-likeness (QED) is 0.594. The lowest BCUT2D eigenvalue weighted by molar-refractivity contribution is 0.407. The summed E-state index contributed by atoms with van der Waals surface area (Å²) in [4.78, 5) is 16.5. The van der Waals surface area contributed by atoms with Gasteiger partial charge in [0.15, 0.2) is 0 Å². The first-order valence-electron chi connectivity index (χ1n) is 7.99. The van der Waals surface area contributed by atoms with Gasteiger partial charge < -0.3 is 9.84 Å². The highest BCUT2D eigenvalue weighted by Gasteiger charge is 2.19. The molecule has 4 aromatic rings. The number of aromatic nitrogens is 4. The number of aryl methyl sites for hydroxylation is 1. The first-order valence-corrected chi connectivity index (χ1v) is 7.99. The predicted molar refractivity (Wildman–Crippen MR) is 97.4 cm³/mol. The van der Waals surface area contributed by atoms with Crippen molar-refractivity contribution in [2.24, 2.45) is 0 Å². The third kappa shape index (κ3) is 2.50. The second-order valence-corrected chi connectivity index (χ2v) is 5.91. The van der Waals surface area contributed by atoms with Crippen LogP contribution in [0.3, 0.4) is 0 Å². The van der Waals surface area contributed by atoms with E-state index in [0.29, 0.717) is 22.6 Å². The monoisotopic (exact) mass is 348 g/mol. The Hall–Kier alpha value is -3.61. The van der Waals surface area contributed by atoms with Crippen molar-refractivity contribution in [2.45, 2.75) is 6.92 Å². The van der Waals surface area contributed by atoms with E-state index in [4.69, 9.17) is 4.74 Å². The zero-order chi connectivity index (χ0) is 18.3. The summed E-state index contributed by atoms with van der Waals surface area (Å²) < 4.78 is 6.56. The molecule has 0 fully saturated rings. The minimum absolute atomic E-state index is 0.0498. The second-order valence-electron chi connectivity index (χ2n) is 5.91. The van der Waals surface area contributed by atoms with Crippen LogP contribution >= 0.6 is 0 Å². The highest BCUT2D eigenvalue weighted by molar-refractivity contribution is 5.85. The zero-order valence-electron chi connectivity index (χ0n) is 14.2. The molecule has 0 aliphatic carbocycles. The lowest BCUT2D eigenvalue weighted by Crippen LogP contribution is -2.10. The van der Waals surface area contributed by atoms with Crippen LogP contribution in [0.25, 0.3) is 28.2 Å². The van der Waals surface area contributed by atoms with Crippen molar-refractivity contribution in [1.82, 2.24) is 19.6 Å². The molecular weight excluding hydrogens is 332 g/mol. The van der Waals surface area contributed by atoms with E-state index in [1.165, 1.54) is 4.40 Å². The zero-order valence-corrected chi connectivity index (χ0v) is 14.2. The van der Waals surface area contributed by atoms with E-state index < -0.39 is 0 Å². The molecule has 2 aromatic carbocycles.